The summed E-state index contributed by atoms with van der Waals surface area (Å²) in [6, 6.07) is 10.3. The Balaban J connectivity index is 1.74. The maximum absolute atomic E-state index is 11.7. The van der Waals surface area contributed by atoms with Crippen molar-refractivity contribution in [2.75, 3.05) is 5.32 Å². The van der Waals surface area contributed by atoms with E-state index in [0.29, 0.717) is 22.7 Å². The van der Waals surface area contributed by atoms with Crippen LogP contribution in [-0.4, -0.2) is 22.2 Å². The second-order valence-electron chi connectivity index (χ2n) is 4.96. The number of amides is 3. The summed E-state index contributed by atoms with van der Waals surface area (Å²) in [6.07, 6.45) is 0.443. The Kier molecular flexibility index (Phi) is 5.86. The monoisotopic (exact) mass is 349 g/mol. The summed E-state index contributed by atoms with van der Waals surface area (Å²) in [5.41, 5.74) is 5.67. The summed E-state index contributed by atoms with van der Waals surface area (Å²) < 4.78 is 0. The van der Waals surface area contributed by atoms with Gasteiger partial charge in [0.05, 0.1) is 0 Å². The van der Waals surface area contributed by atoms with Gasteiger partial charge in [-0.1, -0.05) is 23.7 Å². The number of anilines is 1. The molecule has 0 atom stereocenters. The van der Waals surface area contributed by atoms with Crippen molar-refractivity contribution < 1.29 is 19.8 Å². The van der Waals surface area contributed by atoms with E-state index >= 15 is 0 Å². The number of hydrogen-bond donors (Lipinski definition) is 5. The molecule has 0 aliphatic carbocycles. The van der Waals surface area contributed by atoms with Crippen molar-refractivity contribution in [2.45, 2.75) is 12.8 Å². The van der Waals surface area contributed by atoms with Crippen molar-refractivity contribution in [1.29, 1.82) is 0 Å². The van der Waals surface area contributed by atoms with E-state index in [-0.39, 0.29) is 17.9 Å². The number of carbonyl (C=O) groups excluding carboxylic acids is 2. The first kappa shape index (κ1) is 17.4. The van der Waals surface area contributed by atoms with Crippen LogP contribution in [0.15, 0.2) is 42.5 Å². The van der Waals surface area contributed by atoms with Crippen molar-refractivity contribution in [3.63, 3.8) is 0 Å². The first-order valence-electron chi connectivity index (χ1n) is 7.06. The van der Waals surface area contributed by atoms with Gasteiger partial charge >= 0.3 is 6.03 Å². The number of urea groups is 1. The number of nitrogens with one attached hydrogen (secondary N) is 3. The Morgan fingerprint density at radius 2 is 1.79 bits per heavy atom. The number of aryl methyl sites for hydroxylation is 1. The quantitative estimate of drug-likeness (QED) is 0.431. The normalized spacial score (nSPS) is 10.0. The zero-order valence-electron chi connectivity index (χ0n) is 12.5. The third-order valence-corrected chi connectivity index (χ3v) is 3.31. The first-order valence-corrected chi connectivity index (χ1v) is 7.44. The van der Waals surface area contributed by atoms with E-state index < -0.39 is 11.9 Å². The highest BCUT2D eigenvalue weighted by atomic mass is 35.5. The predicted molar refractivity (Wildman–Crippen MR) is 89.8 cm³/mol. The fourth-order valence-corrected chi connectivity index (χ4v) is 2.09. The van der Waals surface area contributed by atoms with Gasteiger partial charge in [-0.15, -0.1) is 0 Å². The van der Waals surface area contributed by atoms with Crippen LogP contribution in [0.2, 0.25) is 5.02 Å². The van der Waals surface area contributed by atoms with Crippen LogP contribution in [0.25, 0.3) is 0 Å². The zero-order chi connectivity index (χ0) is 17.5. The Labute approximate surface area is 143 Å². The number of phenolic OH excluding ortho intramolecular Hbond substituents is 2. The summed E-state index contributed by atoms with van der Waals surface area (Å²) in [7, 11) is 0. The lowest BCUT2D eigenvalue weighted by atomic mass is 10.1. The molecular formula is C16H16ClN3O4. The standard InChI is InChI=1S/C16H16ClN3O4/c17-11-2-1-3-12(9-11)18-16(24)20-19-15(23)7-5-10-4-6-13(21)14(22)8-10/h1-4,6,8-9,21-22H,5,7H2,(H,19,23)(H2,18,20,24). The van der Waals surface area contributed by atoms with Gasteiger partial charge in [-0.3, -0.25) is 10.2 Å². The fraction of sp³-hybridized carbons (Fsp3) is 0.125. The van der Waals surface area contributed by atoms with Gasteiger partial charge in [-0.2, -0.15) is 0 Å². The summed E-state index contributed by atoms with van der Waals surface area (Å²) in [6.45, 7) is 0. The Hall–Kier alpha value is -2.93. The molecular weight excluding hydrogens is 334 g/mol. The molecule has 0 radical (unpaired) electrons. The highest BCUT2D eigenvalue weighted by molar-refractivity contribution is 6.30. The molecule has 0 fully saturated rings. The molecule has 0 aromatic heterocycles. The van der Waals surface area contributed by atoms with Crippen LogP contribution in [0.1, 0.15) is 12.0 Å². The molecule has 0 saturated carbocycles. The van der Waals surface area contributed by atoms with Gasteiger partial charge in [0.1, 0.15) is 0 Å². The van der Waals surface area contributed by atoms with Crippen molar-refractivity contribution in [3.05, 3.63) is 53.1 Å². The van der Waals surface area contributed by atoms with E-state index in [1.54, 1.807) is 30.3 Å². The van der Waals surface area contributed by atoms with Gasteiger partial charge in [-0.05, 0) is 42.3 Å². The van der Waals surface area contributed by atoms with Gasteiger partial charge in [0.2, 0.25) is 5.91 Å². The minimum Gasteiger partial charge on any atom is -0.504 e. The molecule has 0 bridgehead atoms. The van der Waals surface area contributed by atoms with Gasteiger partial charge in [0, 0.05) is 17.1 Å². The lowest BCUT2D eigenvalue weighted by Gasteiger charge is -2.09. The van der Waals surface area contributed by atoms with Gasteiger partial charge in [0.25, 0.3) is 0 Å². The third-order valence-electron chi connectivity index (χ3n) is 3.08. The molecule has 0 spiro atoms. The molecule has 2 aromatic carbocycles. The van der Waals surface area contributed by atoms with Crippen molar-refractivity contribution in [2.24, 2.45) is 0 Å². The molecule has 0 saturated heterocycles. The van der Waals surface area contributed by atoms with Crippen LogP contribution in [0.4, 0.5) is 10.5 Å². The zero-order valence-corrected chi connectivity index (χ0v) is 13.3. The van der Waals surface area contributed by atoms with Crippen LogP contribution >= 0.6 is 11.6 Å². The number of halogens is 1. The third kappa shape index (κ3) is 5.36. The molecule has 0 heterocycles. The topological polar surface area (TPSA) is 111 Å². The second-order valence-corrected chi connectivity index (χ2v) is 5.40. The number of hydrogen-bond acceptors (Lipinski definition) is 4. The van der Waals surface area contributed by atoms with E-state index in [9.17, 15) is 19.8 Å². The van der Waals surface area contributed by atoms with E-state index in [2.05, 4.69) is 16.2 Å². The number of aromatic hydroxyl groups is 2. The van der Waals surface area contributed by atoms with Crippen LogP contribution in [-0.2, 0) is 11.2 Å². The van der Waals surface area contributed by atoms with Crippen LogP contribution in [0, 0.1) is 0 Å². The van der Waals surface area contributed by atoms with Crippen LogP contribution in [0.5, 0.6) is 11.5 Å². The van der Waals surface area contributed by atoms with E-state index in [1.807, 2.05) is 0 Å². The van der Waals surface area contributed by atoms with E-state index in [1.165, 1.54) is 12.1 Å². The Bertz CT molecular complexity index is 752. The molecule has 0 unspecified atom stereocenters. The lowest BCUT2D eigenvalue weighted by Crippen LogP contribution is -2.43. The maximum Gasteiger partial charge on any atom is 0.337 e. The number of benzene rings is 2. The van der Waals surface area contributed by atoms with Gasteiger partial charge in [-0.25, -0.2) is 10.2 Å². The average molecular weight is 350 g/mol. The van der Waals surface area contributed by atoms with E-state index in [0.717, 1.165) is 0 Å². The highest BCUT2D eigenvalue weighted by Gasteiger charge is 2.07. The highest BCUT2D eigenvalue weighted by Crippen LogP contribution is 2.25. The molecule has 8 heteroatoms. The first-order chi connectivity index (χ1) is 11.4. The molecule has 3 amide bonds. The van der Waals surface area contributed by atoms with Crippen molar-refractivity contribution >= 4 is 29.2 Å². The minimum absolute atomic E-state index is 0.0989. The predicted octanol–water partition coefficient (Wildman–Crippen LogP) is 2.54. The summed E-state index contributed by atoms with van der Waals surface area (Å²) >= 11 is 5.80. The molecule has 24 heavy (non-hydrogen) atoms. The summed E-state index contributed by atoms with van der Waals surface area (Å²) in [5, 5.41) is 21.6. The average Bonchev–Trinajstić information content (AvgIpc) is 2.54. The molecule has 7 nitrogen and oxygen atoms in total. The maximum atomic E-state index is 11.7. The smallest absolute Gasteiger partial charge is 0.337 e. The molecule has 0 aliphatic rings. The number of hydrazine groups is 1. The van der Waals surface area contributed by atoms with E-state index in [4.69, 9.17) is 11.6 Å². The molecule has 0 aliphatic heterocycles. The molecule has 5 N–H and O–H groups in total. The van der Waals surface area contributed by atoms with Crippen molar-refractivity contribution in [1.82, 2.24) is 10.9 Å². The summed E-state index contributed by atoms with van der Waals surface area (Å²) in [5.74, 6) is -0.863. The molecule has 2 rings (SSSR count). The Morgan fingerprint density at radius 1 is 1.00 bits per heavy atom. The molecule has 126 valence electrons. The molecule has 2 aromatic rings. The fourth-order valence-electron chi connectivity index (χ4n) is 1.90. The Morgan fingerprint density at radius 3 is 2.50 bits per heavy atom. The SMILES string of the molecule is O=C(CCc1ccc(O)c(O)c1)NNC(=O)Nc1cccc(Cl)c1. The number of carbonyl (C=O) groups is 2. The number of rotatable bonds is 4. The van der Waals surface area contributed by atoms with Crippen molar-refractivity contribution in [3.8, 4) is 11.5 Å². The van der Waals surface area contributed by atoms with Crippen LogP contribution < -0.4 is 16.2 Å². The van der Waals surface area contributed by atoms with Gasteiger partial charge in [0.15, 0.2) is 11.5 Å². The lowest BCUT2D eigenvalue weighted by molar-refractivity contribution is -0.121. The second kappa shape index (κ2) is 8.07. The van der Waals surface area contributed by atoms with Crippen LogP contribution in [0.3, 0.4) is 0 Å². The minimum atomic E-state index is -0.604. The van der Waals surface area contributed by atoms with Gasteiger partial charge < -0.3 is 15.5 Å². The summed E-state index contributed by atoms with van der Waals surface area (Å²) in [4.78, 5) is 23.3. The largest absolute Gasteiger partial charge is 0.504 e. The number of phenols is 2.